The highest BCUT2D eigenvalue weighted by molar-refractivity contribution is 6.12. The van der Waals surface area contributed by atoms with Crippen molar-refractivity contribution in [3.05, 3.63) is 48.6 Å². The van der Waals surface area contributed by atoms with Gasteiger partial charge in [0, 0.05) is 6.61 Å². The Morgan fingerprint density at radius 3 is 1.47 bits per heavy atom. The summed E-state index contributed by atoms with van der Waals surface area (Å²) in [6.07, 6.45) is 52.1. The van der Waals surface area contributed by atoms with Gasteiger partial charge < -0.3 is 9.64 Å². The highest BCUT2D eigenvalue weighted by Crippen LogP contribution is 2.19. The number of allylic oxidation sites excluding steroid dienone is 8. The van der Waals surface area contributed by atoms with Gasteiger partial charge in [-0.3, -0.25) is 0 Å². The number of hydrogen-bond acceptors (Lipinski definition) is 2. The molecule has 2 radical (unpaired) electrons. The van der Waals surface area contributed by atoms with Crippen molar-refractivity contribution in [1.82, 2.24) is 4.90 Å². The summed E-state index contributed by atoms with van der Waals surface area (Å²) < 4.78 is 6.39. The maximum atomic E-state index is 6.39. The van der Waals surface area contributed by atoms with E-state index in [1.165, 1.54) is 141 Å². The van der Waals surface area contributed by atoms with Crippen LogP contribution in [0.3, 0.4) is 0 Å². The van der Waals surface area contributed by atoms with Crippen molar-refractivity contribution in [2.75, 3.05) is 27.2 Å². The van der Waals surface area contributed by atoms with E-state index in [0.717, 1.165) is 38.8 Å². The Hall–Kier alpha value is -1.06. The Labute approximate surface area is 285 Å². The van der Waals surface area contributed by atoms with E-state index >= 15 is 0 Å². The zero-order chi connectivity index (χ0) is 32.9. The maximum Gasteiger partial charge on any atom is 0.0755 e. The van der Waals surface area contributed by atoms with Crippen molar-refractivity contribution in [3.63, 3.8) is 0 Å². The van der Waals surface area contributed by atoms with Gasteiger partial charge in [0.15, 0.2) is 0 Å². The third-order valence-corrected chi connectivity index (χ3v) is 8.69. The molecule has 0 spiro atoms. The molecular weight excluding hydrogens is 545 g/mol. The van der Waals surface area contributed by atoms with Crippen LogP contribution in [0.25, 0.3) is 0 Å². The molecule has 45 heavy (non-hydrogen) atoms. The smallest absolute Gasteiger partial charge is 0.0755 e. The molecule has 0 aromatic heterocycles. The van der Waals surface area contributed by atoms with E-state index in [-0.39, 0.29) is 5.82 Å². The third kappa shape index (κ3) is 37.3. The normalized spacial score (nSPS) is 13.9. The molecule has 0 aliphatic heterocycles. The van der Waals surface area contributed by atoms with Crippen molar-refractivity contribution in [1.29, 1.82) is 0 Å². The van der Waals surface area contributed by atoms with Crippen LogP contribution in [0.5, 0.6) is 0 Å². The molecule has 3 heteroatoms. The molecule has 0 aliphatic rings. The molecule has 0 bridgehead atoms. The van der Waals surface area contributed by atoms with E-state index in [9.17, 15) is 0 Å². The lowest BCUT2D eigenvalue weighted by atomic mass is 9.82. The molecule has 0 heterocycles. The molecule has 2 nitrogen and oxygen atoms in total. The summed E-state index contributed by atoms with van der Waals surface area (Å²) in [5.74, 6) is 0.215. The van der Waals surface area contributed by atoms with Gasteiger partial charge in [-0.15, -0.1) is 0 Å². The predicted molar refractivity (Wildman–Crippen MR) is 206 cm³/mol. The van der Waals surface area contributed by atoms with Gasteiger partial charge >= 0.3 is 0 Å². The summed E-state index contributed by atoms with van der Waals surface area (Å²) in [5, 5.41) is 0. The monoisotopic (exact) mass is 624 g/mol. The van der Waals surface area contributed by atoms with Gasteiger partial charge in [-0.05, 0) is 91.3 Å². The molecule has 0 amide bonds. The summed E-state index contributed by atoms with van der Waals surface area (Å²) in [7, 11) is 10.6. The van der Waals surface area contributed by atoms with Crippen LogP contribution in [0.1, 0.15) is 181 Å². The first-order chi connectivity index (χ1) is 22.1. The van der Waals surface area contributed by atoms with E-state index in [1.807, 2.05) is 0 Å². The lowest BCUT2D eigenvalue weighted by Gasteiger charge is -2.19. The molecule has 0 rings (SSSR count). The first-order valence-corrected chi connectivity index (χ1v) is 19.7. The van der Waals surface area contributed by atoms with Crippen molar-refractivity contribution in [2.24, 2.45) is 0 Å². The second-order valence-electron chi connectivity index (χ2n) is 13.7. The fraction of sp³-hybridized carbons (Fsp3) is 0.810. The van der Waals surface area contributed by atoms with Crippen LogP contribution in [0.15, 0.2) is 48.6 Å². The van der Waals surface area contributed by atoms with Crippen molar-refractivity contribution in [3.8, 4) is 0 Å². The summed E-state index contributed by atoms with van der Waals surface area (Å²) in [5.41, 5.74) is 0. The number of ether oxygens (including phenoxy) is 1. The van der Waals surface area contributed by atoms with Crippen LogP contribution < -0.4 is 0 Å². The highest BCUT2D eigenvalue weighted by atomic mass is 16.5. The Balaban J connectivity index is 3.92. The average Bonchev–Trinajstić information content (AvgIpc) is 3.03. The summed E-state index contributed by atoms with van der Waals surface area (Å²) in [6.45, 7) is 6.55. The SMILES string of the molecule is [B]C(/C=C\C/C=C\CCCCC)CCCCCCCC(CCCCCCCC/C=C\C/C=C\CCCCC)OCCCN(C)C. The van der Waals surface area contributed by atoms with Gasteiger partial charge in [0.25, 0.3) is 0 Å². The zero-order valence-corrected chi connectivity index (χ0v) is 31.0. The first kappa shape index (κ1) is 43.9. The van der Waals surface area contributed by atoms with E-state index in [0.29, 0.717) is 6.10 Å². The van der Waals surface area contributed by atoms with E-state index in [2.05, 4.69) is 81.5 Å². The van der Waals surface area contributed by atoms with Gasteiger partial charge in [0.05, 0.1) is 14.0 Å². The van der Waals surface area contributed by atoms with Crippen LogP contribution in [0.4, 0.5) is 0 Å². The Morgan fingerprint density at radius 1 is 0.511 bits per heavy atom. The molecule has 2 atom stereocenters. The molecule has 0 aromatic carbocycles. The van der Waals surface area contributed by atoms with E-state index in [4.69, 9.17) is 12.6 Å². The average molecular weight is 624 g/mol. The summed E-state index contributed by atoms with van der Waals surface area (Å²) in [6, 6.07) is 0. The van der Waals surface area contributed by atoms with Crippen molar-refractivity contribution < 1.29 is 4.74 Å². The van der Waals surface area contributed by atoms with Gasteiger partial charge in [-0.2, -0.15) is 0 Å². The minimum atomic E-state index is 0.215. The number of hydrogen-bond donors (Lipinski definition) is 0. The Kier molecular flexibility index (Phi) is 36.5. The number of rotatable bonds is 35. The molecular formula is C42H78BNO. The lowest BCUT2D eigenvalue weighted by Crippen LogP contribution is -2.18. The Bertz CT molecular complexity index is 682. The molecule has 260 valence electrons. The highest BCUT2D eigenvalue weighted by Gasteiger charge is 2.09. The van der Waals surface area contributed by atoms with Gasteiger partial charge in [0.2, 0.25) is 0 Å². The van der Waals surface area contributed by atoms with Crippen LogP contribution in [-0.2, 0) is 4.74 Å². The second kappa shape index (κ2) is 37.4. The van der Waals surface area contributed by atoms with Crippen LogP contribution in [0.2, 0.25) is 5.82 Å². The maximum absolute atomic E-state index is 6.39. The van der Waals surface area contributed by atoms with Crippen molar-refractivity contribution >= 4 is 7.85 Å². The second-order valence-corrected chi connectivity index (χ2v) is 13.7. The zero-order valence-electron chi connectivity index (χ0n) is 31.0. The number of nitrogens with zero attached hydrogens (tertiary/aromatic N) is 1. The predicted octanol–water partition coefficient (Wildman–Crippen LogP) is 13.3. The quantitative estimate of drug-likeness (QED) is 0.0396. The fourth-order valence-electron chi connectivity index (χ4n) is 5.74. The minimum Gasteiger partial charge on any atom is -0.378 e. The molecule has 0 N–H and O–H groups in total. The summed E-state index contributed by atoms with van der Waals surface area (Å²) in [4.78, 5) is 2.26. The van der Waals surface area contributed by atoms with Gasteiger partial charge in [-0.1, -0.05) is 165 Å². The first-order valence-electron chi connectivity index (χ1n) is 19.7. The van der Waals surface area contributed by atoms with Crippen molar-refractivity contribution in [2.45, 2.75) is 193 Å². The summed E-state index contributed by atoms with van der Waals surface area (Å²) >= 11 is 0. The molecule has 0 aromatic rings. The van der Waals surface area contributed by atoms with Gasteiger partial charge in [-0.25, -0.2) is 0 Å². The van der Waals surface area contributed by atoms with Crippen LogP contribution >= 0.6 is 0 Å². The molecule has 0 saturated carbocycles. The molecule has 0 fully saturated rings. The lowest BCUT2D eigenvalue weighted by molar-refractivity contribution is 0.0342. The van der Waals surface area contributed by atoms with Crippen LogP contribution in [-0.4, -0.2) is 46.1 Å². The standard InChI is InChI=1S/C42H78BNO/c1-5-7-9-11-13-15-16-17-18-19-20-21-22-24-28-32-37-42(45-40-34-39-44(3)4)38-33-29-25-27-31-36-41(43)35-30-26-23-14-12-10-8-6-2/h13-15,17-18,23,30,35,41-42H,5-12,16,19-22,24-29,31-34,36-40H2,1-4H3/b15-13-,18-17-,23-14-,35-30-. The minimum absolute atomic E-state index is 0.215. The van der Waals surface area contributed by atoms with E-state index in [1.54, 1.807) is 0 Å². The topological polar surface area (TPSA) is 12.5 Å². The molecule has 0 saturated heterocycles. The van der Waals surface area contributed by atoms with E-state index < -0.39 is 0 Å². The largest absolute Gasteiger partial charge is 0.378 e. The third-order valence-electron chi connectivity index (χ3n) is 8.69. The van der Waals surface area contributed by atoms with Gasteiger partial charge in [0.1, 0.15) is 0 Å². The van der Waals surface area contributed by atoms with Crippen LogP contribution in [0, 0.1) is 0 Å². The Morgan fingerprint density at radius 2 is 0.956 bits per heavy atom. The fourth-order valence-corrected chi connectivity index (χ4v) is 5.74. The molecule has 2 unspecified atom stereocenters. The molecule has 0 aliphatic carbocycles. The number of unbranched alkanes of at least 4 members (excludes halogenated alkanes) is 16.